The minimum Gasteiger partial charge on any atom is -0.481 e. The van der Waals surface area contributed by atoms with Gasteiger partial charge in [0.25, 0.3) is 0 Å². The fourth-order valence-electron chi connectivity index (χ4n) is 4.32. The van der Waals surface area contributed by atoms with Gasteiger partial charge in [-0.1, -0.05) is 89.4 Å². The molecule has 0 aliphatic carbocycles. The van der Waals surface area contributed by atoms with Crippen LogP contribution in [0.3, 0.4) is 0 Å². The molecule has 0 saturated heterocycles. The van der Waals surface area contributed by atoms with Crippen LogP contribution in [-0.2, 0) is 13.1 Å². The summed E-state index contributed by atoms with van der Waals surface area (Å²) in [6.07, 6.45) is 0. The summed E-state index contributed by atoms with van der Waals surface area (Å²) in [5, 5.41) is 25.9. The largest absolute Gasteiger partial charge is 0.481 e. The lowest BCUT2D eigenvalue weighted by molar-refractivity contribution is 0.291. The second-order valence-electron chi connectivity index (χ2n) is 8.81. The Kier molecular flexibility index (Phi) is 10.6. The summed E-state index contributed by atoms with van der Waals surface area (Å²) in [6, 6.07) is 21.2. The number of benzene rings is 3. The second-order valence-corrected chi connectivity index (χ2v) is 9.98. The highest BCUT2D eigenvalue weighted by molar-refractivity contribution is 6.40. The Morgan fingerprint density at radius 2 is 1.31 bits per heavy atom. The van der Waals surface area contributed by atoms with E-state index < -0.39 is 0 Å². The zero-order chi connectivity index (χ0) is 27.8. The summed E-state index contributed by atoms with van der Waals surface area (Å²) in [4.78, 5) is 4.69. The standard InChI is InChI=1S/C30H30Cl3N3O3/c1-39-30-20(18-35-13-15-38)9-11-27(36-30)25-7-3-6-24(29(25)33)23-5-2-4-22(28(23)32)21-10-8-19(16-26(21)31)17-34-12-14-37/h2-11,16,34-35,37-38H,12-15,17-18H2,1H3. The van der Waals surface area contributed by atoms with Crippen LogP contribution in [0.25, 0.3) is 33.5 Å². The summed E-state index contributed by atoms with van der Waals surface area (Å²) in [5.41, 5.74) is 6.49. The van der Waals surface area contributed by atoms with Crippen molar-refractivity contribution in [3.63, 3.8) is 0 Å². The monoisotopic (exact) mass is 585 g/mol. The van der Waals surface area contributed by atoms with E-state index in [-0.39, 0.29) is 13.2 Å². The Morgan fingerprint density at radius 1 is 0.718 bits per heavy atom. The zero-order valence-electron chi connectivity index (χ0n) is 21.5. The molecule has 4 N–H and O–H groups in total. The summed E-state index contributed by atoms with van der Waals surface area (Å²) >= 11 is 20.6. The number of nitrogens with one attached hydrogen (secondary N) is 2. The fourth-order valence-corrected chi connectivity index (χ4v) is 5.28. The maximum absolute atomic E-state index is 9.03. The van der Waals surface area contributed by atoms with E-state index >= 15 is 0 Å². The van der Waals surface area contributed by atoms with Gasteiger partial charge in [0.05, 0.1) is 36.1 Å². The highest BCUT2D eigenvalue weighted by Crippen LogP contribution is 2.43. The van der Waals surface area contributed by atoms with E-state index in [9.17, 15) is 0 Å². The molecule has 1 aromatic heterocycles. The number of rotatable bonds is 12. The molecule has 204 valence electrons. The molecule has 4 rings (SSSR count). The number of nitrogens with zero attached hydrogens (tertiary/aromatic N) is 1. The van der Waals surface area contributed by atoms with Crippen molar-refractivity contribution in [1.82, 2.24) is 15.6 Å². The van der Waals surface area contributed by atoms with Gasteiger partial charge in [-0.25, -0.2) is 4.98 Å². The van der Waals surface area contributed by atoms with Crippen molar-refractivity contribution in [2.24, 2.45) is 0 Å². The molecule has 9 heteroatoms. The third-order valence-electron chi connectivity index (χ3n) is 6.24. The maximum Gasteiger partial charge on any atom is 0.218 e. The van der Waals surface area contributed by atoms with Crippen LogP contribution in [0.15, 0.2) is 66.7 Å². The number of hydrogen-bond donors (Lipinski definition) is 4. The molecular formula is C30H30Cl3N3O3. The summed E-state index contributed by atoms with van der Waals surface area (Å²) in [5.74, 6) is 0.490. The first-order valence-electron chi connectivity index (χ1n) is 12.5. The van der Waals surface area contributed by atoms with Crippen LogP contribution in [0.2, 0.25) is 15.1 Å². The van der Waals surface area contributed by atoms with Crippen LogP contribution < -0.4 is 15.4 Å². The van der Waals surface area contributed by atoms with E-state index in [2.05, 4.69) is 10.6 Å². The quantitative estimate of drug-likeness (QED) is 0.148. The van der Waals surface area contributed by atoms with Crippen molar-refractivity contribution in [2.45, 2.75) is 13.1 Å². The van der Waals surface area contributed by atoms with Crippen LogP contribution in [-0.4, -0.2) is 48.6 Å². The van der Waals surface area contributed by atoms with Crippen molar-refractivity contribution in [1.29, 1.82) is 0 Å². The Labute approximate surface area is 243 Å². The third kappa shape index (κ3) is 6.91. The van der Waals surface area contributed by atoms with E-state index in [4.69, 9.17) is 54.7 Å². The highest BCUT2D eigenvalue weighted by Gasteiger charge is 2.18. The normalized spacial score (nSPS) is 11.1. The smallest absolute Gasteiger partial charge is 0.218 e. The van der Waals surface area contributed by atoms with E-state index in [1.165, 1.54) is 0 Å². The number of hydrogen-bond acceptors (Lipinski definition) is 6. The molecule has 0 saturated carbocycles. The fraction of sp³-hybridized carbons (Fsp3) is 0.233. The topological polar surface area (TPSA) is 86.6 Å². The van der Waals surface area contributed by atoms with Crippen LogP contribution in [0.5, 0.6) is 5.88 Å². The Morgan fingerprint density at radius 3 is 1.92 bits per heavy atom. The van der Waals surface area contributed by atoms with Crippen molar-refractivity contribution in [3.8, 4) is 39.4 Å². The molecule has 6 nitrogen and oxygen atoms in total. The Balaban J connectivity index is 1.68. The first kappa shape index (κ1) is 29.3. The summed E-state index contributed by atoms with van der Waals surface area (Å²) in [6.45, 7) is 2.26. The molecule has 0 atom stereocenters. The lowest BCUT2D eigenvalue weighted by atomic mass is 9.96. The number of ether oxygens (including phenoxy) is 1. The van der Waals surface area contributed by atoms with Crippen LogP contribution >= 0.6 is 34.8 Å². The summed E-state index contributed by atoms with van der Waals surface area (Å²) < 4.78 is 5.52. The molecular weight excluding hydrogens is 557 g/mol. The van der Waals surface area contributed by atoms with Gasteiger partial charge in [0, 0.05) is 64.6 Å². The van der Waals surface area contributed by atoms with E-state index in [1.807, 2.05) is 66.7 Å². The van der Waals surface area contributed by atoms with Gasteiger partial charge >= 0.3 is 0 Å². The van der Waals surface area contributed by atoms with Gasteiger partial charge in [0.1, 0.15) is 0 Å². The summed E-state index contributed by atoms with van der Waals surface area (Å²) in [7, 11) is 1.58. The highest BCUT2D eigenvalue weighted by atomic mass is 35.5. The average Bonchev–Trinajstić information content (AvgIpc) is 2.94. The van der Waals surface area contributed by atoms with Gasteiger partial charge in [0.15, 0.2) is 0 Å². The van der Waals surface area contributed by atoms with Gasteiger partial charge in [-0.2, -0.15) is 0 Å². The number of aliphatic hydroxyl groups is 2. The average molecular weight is 587 g/mol. The molecule has 1 heterocycles. The molecule has 0 aliphatic heterocycles. The lowest BCUT2D eigenvalue weighted by Gasteiger charge is -2.16. The lowest BCUT2D eigenvalue weighted by Crippen LogP contribution is -2.18. The number of aliphatic hydroxyl groups excluding tert-OH is 2. The van der Waals surface area contributed by atoms with E-state index in [0.29, 0.717) is 52.8 Å². The SMILES string of the molecule is COc1nc(-c2cccc(-c3cccc(-c4ccc(CNCCO)cc4Cl)c3Cl)c2Cl)ccc1CNCCO. The Hall–Kier alpha value is -2.68. The van der Waals surface area contributed by atoms with Crippen molar-refractivity contribution < 1.29 is 14.9 Å². The third-order valence-corrected chi connectivity index (χ3v) is 7.37. The predicted octanol–water partition coefficient (Wildman–Crippen LogP) is 6.22. The number of methoxy groups -OCH3 is 1. The molecule has 4 aromatic rings. The van der Waals surface area contributed by atoms with Gasteiger partial charge in [0.2, 0.25) is 5.88 Å². The van der Waals surface area contributed by atoms with E-state index in [0.717, 1.165) is 38.9 Å². The van der Waals surface area contributed by atoms with Crippen molar-refractivity contribution >= 4 is 34.8 Å². The molecule has 0 aliphatic rings. The van der Waals surface area contributed by atoms with Gasteiger partial charge < -0.3 is 25.6 Å². The van der Waals surface area contributed by atoms with Crippen molar-refractivity contribution in [2.75, 3.05) is 33.4 Å². The molecule has 0 fully saturated rings. The predicted molar refractivity (Wildman–Crippen MR) is 160 cm³/mol. The van der Waals surface area contributed by atoms with Crippen LogP contribution in [0, 0.1) is 0 Å². The van der Waals surface area contributed by atoms with Gasteiger partial charge in [-0.05, 0) is 17.7 Å². The number of pyridine rings is 1. The molecule has 0 unspecified atom stereocenters. The first-order valence-corrected chi connectivity index (χ1v) is 13.7. The molecule has 0 amide bonds. The number of aromatic nitrogens is 1. The van der Waals surface area contributed by atoms with Gasteiger partial charge in [-0.3, -0.25) is 0 Å². The molecule has 3 aromatic carbocycles. The Bertz CT molecular complexity index is 1430. The second kappa shape index (κ2) is 14.1. The molecule has 39 heavy (non-hydrogen) atoms. The van der Waals surface area contributed by atoms with Crippen molar-refractivity contribution in [3.05, 3.63) is 92.9 Å². The zero-order valence-corrected chi connectivity index (χ0v) is 23.7. The van der Waals surface area contributed by atoms with E-state index in [1.54, 1.807) is 7.11 Å². The molecule has 0 radical (unpaired) electrons. The first-order chi connectivity index (χ1) is 19.0. The molecule has 0 spiro atoms. The molecule has 0 bridgehead atoms. The number of halogens is 3. The minimum absolute atomic E-state index is 0.0560. The van der Waals surface area contributed by atoms with Gasteiger partial charge in [-0.15, -0.1) is 0 Å². The van der Waals surface area contributed by atoms with Crippen LogP contribution in [0.4, 0.5) is 0 Å². The maximum atomic E-state index is 9.03. The minimum atomic E-state index is 0.0560. The van der Waals surface area contributed by atoms with Crippen LogP contribution in [0.1, 0.15) is 11.1 Å².